The lowest BCUT2D eigenvalue weighted by molar-refractivity contribution is 0.0592. The van der Waals surface area contributed by atoms with Crippen molar-refractivity contribution in [2.75, 3.05) is 24.9 Å². The summed E-state index contributed by atoms with van der Waals surface area (Å²) in [5.74, 6) is -0.181. The Bertz CT molecular complexity index is 968. The quantitative estimate of drug-likeness (QED) is 0.542. The molecule has 1 aromatic carbocycles. The van der Waals surface area contributed by atoms with Gasteiger partial charge in [-0.3, -0.25) is 0 Å². The fourth-order valence-corrected chi connectivity index (χ4v) is 5.09. The number of hydrogen-bond donors (Lipinski definition) is 2. The van der Waals surface area contributed by atoms with Crippen LogP contribution in [0.15, 0.2) is 18.2 Å². The molecule has 1 aliphatic rings. The second-order valence-electron chi connectivity index (χ2n) is 7.15. The van der Waals surface area contributed by atoms with E-state index in [1.807, 2.05) is 13.0 Å². The summed E-state index contributed by atoms with van der Waals surface area (Å²) >= 11 is 7.03. The number of carbonyl (C=O) groups is 2. The van der Waals surface area contributed by atoms with E-state index in [0.717, 1.165) is 30.4 Å². The largest absolute Gasteiger partial charge is 0.465 e. The summed E-state index contributed by atoms with van der Waals surface area (Å²) in [6, 6.07) is 5.21. The van der Waals surface area contributed by atoms with Crippen molar-refractivity contribution in [3.05, 3.63) is 45.3 Å². The summed E-state index contributed by atoms with van der Waals surface area (Å²) in [4.78, 5) is 25.4. The van der Waals surface area contributed by atoms with Crippen LogP contribution in [0, 0.1) is 12.8 Å². The number of anilines is 2. The average molecular weight is 433 g/mol. The molecule has 0 bridgehead atoms. The minimum Gasteiger partial charge on any atom is -0.465 e. The summed E-state index contributed by atoms with van der Waals surface area (Å²) in [5.41, 5.74) is 3.69. The summed E-state index contributed by atoms with van der Waals surface area (Å²) in [5, 5.41) is 7.31. The zero-order valence-corrected chi connectivity index (χ0v) is 18.5. The van der Waals surface area contributed by atoms with E-state index in [1.54, 1.807) is 23.5 Å². The molecule has 0 aliphatic heterocycles. The van der Waals surface area contributed by atoms with Crippen LogP contribution in [-0.4, -0.2) is 31.3 Å². The van der Waals surface area contributed by atoms with Crippen LogP contribution < -0.4 is 10.6 Å². The molecule has 1 unspecified atom stereocenters. The number of thiophene rings is 1. The first-order valence-corrected chi connectivity index (χ1v) is 10.6. The molecule has 2 N–H and O–H groups in total. The van der Waals surface area contributed by atoms with Crippen LogP contribution in [0.4, 0.5) is 10.7 Å². The van der Waals surface area contributed by atoms with Crippen LogP contribution in [0.25, 0.3) is 0 Å². The van der Waals surface area contributed by atoms with E-state index in [0.29, 0.717) is 32.8 Å². The molecule has 2 aromatic rings. The molecule has 0 saturated carbocycles. The van der Waals surface area contributed by atoms with Gasteiger partial charge in [0.2, 0.25) is 0 Å². The van der Waals surface area contributed by atoms with Crippen molar-refractivity contribution in [2.45, 2.75) is 33.1 Å². The molecule has 0 spiro atoms. The molecule has 0 fully saturated rings. The van der Waals surface area contributed by atoms with Crippen molar-refractivity contribution in [2.24, 2.45) is 5.92 Å². The van der Waals surface area contributed by atoms with Crippen LogP contribution in [0.5, 0.6) is 0 Å². The Morgan fingerprint density at radius 1 is 1.17 bits per heavy atom. The van der Waals surface area contributed by atoms with Crippen LogP contribution in [-0.2, 0) is 22.3 Å². The number of hydrogen-bond acceptors (Lipinski definition) is 6. The van der Waals surface area contributed by atoms with Gasteiger partial charge in [-0.05, 0) is 67.6 Å². The molecule has 0 amide bonds. The van der Waals surface area contributed by atoms with Gasteiger partial charge in [-0.25, -0.2) is 9.59 Å². The first-order chi connectivity index (χ1) is 13.8. The maximum absolute atomic E-state index is 12.4. The second-order valence-corrected chi connectivity index (χ2v) is 8.66. The number of rotatable bonds is 4. The fourth-order valence-electron chi connectivity index (χ4n) is 3.42. The van der Waals surface area contributed by atoms with E-state index in [4.69, 9.17) is 21.7 Å². The lowest BCUT2D eigenvalue weighted by Gasteiger charge is -2.18. The topological polar surface area (TPSA) is 76.7 Å². The Morgan fingerprint density at radius 2 is 1.90 bits per heavy atom. The molecule has 29 heavy (non-hydrogen) atoms. The summed E-state index contributed by atoms with van der Waals surface area (Å²) in [6.45, 7) is 4.13. The first-order valence-electron chi connectivity index (χ1n) is 9.33. The van der Waals surface area contributed by atoms with E-state index >= 15 is 0 Å². The Labute approximate surface area is 179 Å². The normalized spacial score (nSPS) is 15.2. The van der Waals surface area contributed by atoms with E-state index in [-0.39, 0.29) is 5.97 Å². The number of esters is 2. The van der Waals surface area contributed by atoms with Gasteiger partial charge in [0.05, 0.1) is 25.3 Å². The highest BCUT2D eigenvalue weighted by Gasteiger charge is 2.28. The smallest absolute Gasteiger partial charge is 0.341 e. The van der Waals surface area contributed by atoms with Gasteiger partial charge < -0.3 is 20.1 Å². The molecule has 1 aliphatic carbocycles. The lowest BCUT2D eigenvalue weighted by Crippen LogP contribution is -2.21. The average Bonchev–Trinajstić information content (AvgIpc) is 3.04. The van der Waals surface area contributed by atoms with Crippen molar-refractivity contribution in [1.29, 1.82) is 0 Å². The zero-order chi connectivity index (χ0) is 21.1. The third-order valence-electron chi connectivity index (χ3n) is 5.04. The maximum Gasteiger partial charge on any atom is 0.341 e. The van der Waals surface area contributed by atoms with Crippen LogP contribution in [0.2, 0.25) is 0 Å². The Morgan fingerprint density at radius 3 is 2.59 bits per heavy atom. The van der Waals surface area contributed by atoms with Gasteiger partial charge in [-0.1, -0.05) is 13.0 Å². The maximum atomic E-state index is 12.4. The molecule has 1 heterocycles. The number of thiocarbonyl (C=S) groups is 1. The van der Waals surface area contributed by atoms with Gasteiger partial charge in [0, 0.05) is 10.6 Å². The molecular formula is C21H24N2O4S2. The fraction of sp³-hybridized carbons (Fsp3) is 0.381. The highest BCUT2D eigenvalue weighted by atomic mass is 32.1. The minimum absolute atomic E-state index is 0.340. The van der Waals surface area contributed by atoms with E-state index in [2.05, 4.69) is 17.6 Å². The number of methoxy groups -OCH3 is 2. The first kappa shape index (κ1) is 21.3. The molecule has 0 saturated heterocycles. The molecule has 6 nitrogen and oxygen atoms in total. The molecule has 8 heteroatoms. The van der Waals surface area contributed by atoms with Crippen LogP contribution in [0.3, 0.4) is 0 Å². The van der Waals surface area contributed by atoms with Gasteiger partial charge >= 0.3 is 11.9 Å². The number of aryl methyl sites for hydroxylation is 1. The van der Waals surface area contributed by atoms with Crippen molar-refractivity contribution in [3.8, 4) is 0 Å². The molecule has 0 radical (unpaired) electrons. The lowest BCUT2D eigenvalue weighted by atomic mass is 9.88. The van der Waals surface area contributed by atoms with Crippen LogP contribution >= 0.6 is 23.6 Å². The highest BCUT2D eigenvalue weighted by molar-refractivity contribution is 7.80. The predicted octanol–water partition coefficient (Wildman–Crippen LogP) is 4.56. The molecule has 154 valence electrons. The van der Waals surface area contributed by atoms with Crippen molar-refractivity contribution in [1.82, 2.24) is 0 Å². The van der Waals surface area contributed by atoms with E-state index < -0.39 is 5.97 Å². The van der Waals surface area contributed by atoms with Gasteiger partial charge in [0.25, 0.3) is 0 Å². The predicted molar refractivity (Wildman–Crippen MR) is 119 cm³/mol. The number of ether oxygens (including phenoxy) is 2. The number of benzene rings is 1. The van der Waals surface area contributed by atoms with Gasteiger partial charge in [0.15, 0.2) is 5.11 Å². The van der Waals surface area contributed by atoms with Gasteiger partial charge in [-0.15, -0.1) is 11.3 Å². The SMILES string of the molecule is COC(=O)c1ccc(C)c(NC(=S)Nc2sc3c(c2C(=O)OC)CCC(C)C3)c1. The Hall–Kier alpha value is -2.45. The highest BCUT2D eigenvalue weighted by Crippen LogP contribution is 2.40. The Kier molecular flexibility index (Phi) is 6.54. The third-order valence-corrected chi connectivity index (χ3v) is 6.41. The standard InChI is InChI=1S/C21H24N2O4S2/c1-11-5-8-14-16(9-11)29-18(17(14)20(25)27-4)23-21(28)22-15-10-13(19(24)26-3)7-6-12(15)2/h6-7,10-11H,5,8-9H2,1-4H3,(H2,22,23,28). The van der Waals surface area contributed by atoms with E-state index in [9.17, 15) is 9.59 Å². The Balaban J connectivity index is 1.84. The van der Waals surface area contributed by atoms with Crippen LogP contribution in [0.1, 0.15) is 50.1 Å². The zero-order valence-electron chi connectivity index (χ0n) is 16.9. The van der Waals surface area contributed by atoms with E-state index in [1.165, 1.54) is 19.1 Å². The monoisotopic (exact) mass is 432 g/mol. The summed E-state index contributed by atoms with van der Waals surface area (Å²) in [6.07, 6.45) is 2.86. The summed E-state index contributed by atoms with van der Waals surface area (Å²) < 4.78 is 9.79. The third kappa shape index (κ3) is 4.59. The van der Waals surface area contributed by atoms with Crippen molar-refractivity contribution >= 4 is 51.3 Å². The number of carbonyl (C=O) groups excluding carboxylic acids is 2. The molecule has 3 rings (SSSR count). The number of nitrogens with one attached hydrogen (secondary N) is 2. The minimum atomic E-state index is -0.417. The molecule has 1 atom stereocenters. The van der Waals surface area contributed by atoms with Crippen molar-refractivity contribution < 1.29 is 19.1 Å². The second kappa shape index (κ2) is 8.92. The summed E-state index contributed by atoms with van der Waals surface area (Å²) in [7, 11) is 2.73. The molecule has 1 aromatic heterocycles. The van der Waals surface area contributed by atoms with Gasteiger partial charge in [-0.2, -0.15) is 0 Å². The molecular weight excluding hydrogens is 408 g/mol. The van der Waals surface area contributed by atoms with Crippen molar-refractivity contribution in [3.63, 3.8) is 0 Å². The number of fused-ring (bicyclic) bond motifs is 1. The van der Waals surface area contributed by atoms with Gasteiger partial charge in [0.1, 0.15) is 5.00 Å².